The van der Waals surface area contributed by atoms with E-state index in [2.05, 4.69) is 18.3 Å². The monoisotopic (exact) mass is 267 g/mol. The van der Waals surface area contributed by atoms with Crippen molar-refractivity contribution in [2.45, 2.75) is 32.5 Å². The van der Waals surface area contributed by atoms with Crippen LogP contribution in [0.15, 0.2) is 24.3 Å². The SMILES string of the molecule is CCc1cccc(OCC(O)CNCC(C)OC)c1. The van der Waals surface area contributed by atoms with Crippen LogP contribution >= 0.6 is 0 Å². The van der Waals surface area contributed by atoms with Crippen molar-refractivity contribution in [3.05, 3.63) is 29.8 Å². The summed E-state index contributed by atoms with van der Waals surface area (Å²) in [6, 6.07) is 7.95. The molecule has 0 fully saturated rings. The van der Waals surface area contributed by atoms with E-state index in [1.165, 1.54) is 5.56 Å². The van der Waals surface area contributed by atoms with E-state index >= 15 is 0 Å². The van der Waals surface area contributed by atoms with Crippen LogP contribution in [-0.2, 0) is 11.2 Å². The van der Waals surface area contributed by atoms with E-state index in [4.69, 9.17) is 9.47 Å². The van der Waals surface area contributed by atoms with Gasteiger partial charge in [0.2, 0.25) is 0 Å². The van der Waals surface area contributed by atoms with E-state index in [1.807, 2.05) is 25.1 Å². The number of ether oxygens (including phenoxy) is 2. The van der Waals surface area contributed by atoms with Crippen LogP contribution in [0, 0.1) is 0 Å². The van der Waals surface area contributed by atoms with E-state index in [9.17, 15) is 5.11 Å². The Kier molecular flexibility index (Phi) is 7.48. The van der Waals surface area contributed by atoms with Gasteiger partial charge in [0, 0.05) is 20.2 Å². The Bertz CT molecular complexity index is 357. The fourth-order valence-corrected chi connectivity index (χ4v) is 1.64. The third-order valence-electron chi connectivity index (χ3n) is 2.96. The second-order valence-corrected chi connectivity index (χ2v) is 4.67. The van der Waals surface area contributed by atoms with Gasteiger partial charge in [-0.3, -0.25) is 0 Å². The Morgan fingerprint density at radius 2 is 2.11 bits per heavy atom. The number of benzene rings is 1. The summed E-state index contributed by atoms with van der Waals surface area (Å²) in [6.07, 6.45) is 0.611. The number of hydrogen-bond acceptors (Lipinski definition) is 4. The summed E-state index contributed by atoms with van der Waals surface area (Å²) in [6.45, 7) is 5.60. The molecule has 0 bridgehead atoms. The summed E-state index contributed by atoms with van der Waals surface area (Å²) in [5.41, 5.74) is 1.24. The van der Waals surface area contributed by atoms with Gasteiger partial charge in [-0.05, 0) is 31.0 Å². The highest BCUT2D eigenvalue weighted by atomic mass is 16.5. The summed E-state index contributed by atoms with van der Waals surface area (Å²) in [5.74, 6) is 0.809. The number of aliphatic hydroxyl groups is 1. The zero-order valence-corrected chi connectivity index (χ0v) is 12.1. The van der Waals surface area contributed by atoms with Crippen LogP contribution in [0.5, 0.6) is 5.75 Å². The molecule has 1 aromatic carbocycles. The number of rotatable bonds is 9. The van der Waals surface area contributed by atoms with Gasteiger partial charge in [0.25, 0.3) is 0 Å². The van der Waals surface area contributed by atoms with Crippen LogP contribution in [-0.4, -0.2) is 44.1 Å². The molecule has 0 aromatic heterocycles. The molecule has 2 N–H and O–H groups in total. The summed E-state index contributed by atoms with van der Waals surface area (Å²) >= 11 is 0. The number of aryl methyl sites for hydroxylation is 1. The second-order valence-electron chi connectivity index (χ2n) is 4.67. The molecular weight excluding hydrogens is 242 g/mol. The summed E-state index contributed by atoms with van der Waals surface area (Å²) in [5, 5.41) is 12.9. The quantitative estimate of drug-likeness (QED) is 0.714. The fraction of sp³-hybridized carbons (Fsp3) is 0.600. The van der Waals surface area contributed by atoms with Gasteiger partial charge in [-0.15, -0.1) is 0 Å². The molecule has 0 saturated carbocycles. The predicted molar refractivity (Wildman–Crippen MR) is 76.7 cm³/mol. The fourth-order valence-electron chi connectivity index (χ4n) is 1.64. The number of methoxy groups -OCH3 is 1. The van der Waals surface area contributed by atoms with Gasteiger partial charge in [-0.25, -0.2) is 0 Å². The average Bonchev–Trinajstić information content (AvgIpc) is 2.45. The molecule has 0 aliphatic heterocycles. The lowest BCUT2D eigenvalue weighted by molar-refractivity contribution is 0.0904. The van der Waals surface area contributed by atoms with Gasteiger partial charge < -0.3 is 19.9 Å². The van der Waals surface area contributed by atoms with Gasteiger partial charge in [-0.1, -0.05) is 19.1 Å². The molecule has 0 spiro atoms. The maximum Gasteiger partial charge on any atom is 0.119 e. The maximum absolute atomic E-state index is 9.79. The molecule has 1 aromatic rings. The minimum Gasteiger partial charge on any atom is -0.491 e. The van der Waals surface area contributed by atoms with E-state index in [-0.39, 0.29) is 6.10 Å². The maximum atomic E-state index is 9.79. The minimum absolute atomic E-state index is 0.148. The largest absolute Gasteiger partial charge is 0.491 e. The van der Waals surface area contributed by atoms with Gasteiger partial charge in [0.1, 0.15) is 18.5 Å². The molecule has 2 atom stereocenters. The smallest absolute Gasteiger partial charge is 0.119 e. The predicted octanol–water partition coefficient (Wildman–Crippen LogP) is 1.61. The van der Waals surface area contributed by atoms with Crippen molar-refractivity contribution in [1.82, 2.24) is 5.32 Å². The third-order valence-corrected chi connectivity index (χ3v) is 2.96. The molecule has 4 heteroatoms. The van der Waals surface area contributed by atoms with Crippen molar-refractivity contribution in [2.75, 3.05) is 26.8 Å². The zero-order valence-electron chi connectivity index (χ0n) is 12.1. The van der Waals surface area contributed by atoms with Gasteiger partial charge in [0.15, 0.2) is 0 Å². The first kappa shape index (κ1) is 16.0. The molecular formula is C15H25NO3. The molecule has 108 valence electrons. The molecule has 0 amide bonds. The summed E-state index contributed by atoms with van der Waals surface area (Å²) < 4.78 is 10.7. The zero-order chi connectivity index (χ0) is 14.1. The lowest BCUT2D eigenvalue weighted by Crippen LogP contribution is -2.35. The first-order valence-corrected chi connectivity index (χ1v) is 6.79. The van der Waals surface area contributed by atoms with E-state index in [1.54, 1.807) is 7.11 Å². The van der Waals surface area contributed by atoms with Gasteiger partial charge in [-0.2, -0.15) is 0 Å². The Hall–Kier alpha value is -1.10. The van der Waals surface area contributed by atoms with E-state index in [0.29, 0.717) is 13.2 Å². The lowest BCUT2D eigenvalue weighted by Gasteiger charge is -2.15. The molecule has 4 nitrogen and oxygen atoms in total. The van der Waals surface area contributed by atoms with Crippen LogP contribution in [0.25, 0.3) is 0 Å². The van der Waals surface area contributed by atoms with Crippen molar-refractivity contribution < 1.29 is 14.6 Å². The molecule has 0 heterocycles. The van der Waals surface area contributed by atoms with Crippen molar-refractivity contribution in [1.29, 1.82) is 0 Å². The molecule has 0 aliphatic carbocycles. The Morgan fingerprint density at radius 1 is 1.32 bits per heavy atom. The van der Waals surface area contributed by atoms with Crippen LogP contribution in [0.3, 0.4) is 0 Å². The normalized spacial score (nSPS) is 14.1. The average molecular weight is 267 g/mol. The van der Waals surface area contributed by atoms with Crippen LogP contribution in [0.1, 0.15) is 19.4 Å². The second kappa shape index (κ2) is 8.91. The van der Waals surface area contributed by atoms with Crippen molar-refractivity contribution in [2.24, 2.45) is 0 Å². The highest BCUT2D eigenvalue weighted by Crippen LogP contribution is 2.13. The Morgan fingerprint density at radius 3 is 2.79 bits per heavy atom. The van der Waals surface area contributed by atoms with Crippen molar-refractivity contribution in [3.8, 4) is 5.75 Å². The van der Waals surface area contributed by atoms with Crippen LogP contribution in [0.2, 0.25) is 0 Å². The Balaban J connectivity index is 2.23. The third kappa shape index (κ3) is 6.57. The van der Waals surface area contributed by atoms with Crippen molar-refractivity contribution in [3.63, 3.8) is 0 Å². The van der Waals surface area contributed by atoms with E-state index < -0.39 is 6.10 Å². The summed E-state index contributed by atoms with van der Waals surface area (Å²) in [7, 11) is 1.67. The number of nitrogens with one attached hydrogen (secondary N) is 1. The number of aliphatic hydroxyl groups excluding tert-OH is 1. The molecule has 0 saturated heterocycles. The van der Waals surface area contributed by atoms with Gasteiger partial charge in [0.05, 0.1) is 6.10 Å². The first-order valence-electron chi connectivity index (χ1n) is 6.79. The standard InChI is InChI=1S/C15H25NO3/c1-4-13-6-5-7-15(8-13)19-11-14(17)10-16-9-12(2)18-3/h5-8,12,14,16-17H,4,9-11H2,1-3H3. The number of hydrogen-bond donors (Lipinski definition) is 2. The first-order chi connectivity index (χ1) is 9.15. The van der Waals surface area contributed by atoms with Crippen molar-refractivity contribution >= 4 is 0 Å². The highest BCUT2D eigenvalue weighted by Gasteiger charge is 2.06. The van der Waals surface area contributed by atoms with E-state index in [0.717, 1.165) is 18.7 Å². The lowest BCUT2D eigenvalue weighted by atomic mass is 10.2. The molecule has 2 unspecified atom stereocenters. The Labute approximate surface area is 115 Å². The van der Waals surface area contributed by atoms with Crippen LogP contribution < -0.4 is 10.1 Å². The molecule has 19 heavy (non-hydrogen) atoms. The highest BCUT2D eigenvalue weighted by molar-refractivity contribution is 5.28. The minimum atomic E-state index is -0.519. The van der Waals surface area contributed by atoms with Gasteiger partial charge >= 0.3 is 0 Å². The topological polar surface area (TPSA) is 50.7 Å². The molecule has 0 aliphatic rings. The van der Waals surface area contributed by atoms with Crippen LogP contribution in [0.4, 0.5) is 0 Å². The molecule has 0 radical (unpaired) electrons. The molecule has 1 rings (SSSR count). The summed E-state index contributed by atoms with van der Waals surface area (Å²) in [4.78, 5) is 0.